The van der Waals surface area contributed by atoms with Gasteiger partial charge in [0.15, 0.2) is 8.07 Å². The summed E-state index contributed by atoms with van der Waals surface area (Å²) in [5.74, 6) is 0.640. The summed E-state index contributed by atoms with van der Waals surface area (Å²) in [4.78, 5) is 0. The molecule has 2 aromatic heterocycles. The maximum absolute atomic E-state index is 2.81. The van der Waals surface area contributed by atoms with Crippen LogP contribution < -0.4 is 20.7 Å². The van der Waals surface area contributed by atoms with Crippen molar-refractivity contribution in [1.29, 1.82) is 0 Å². The van der Waals surface area contributed by atoms with Gasteiger partial charge in [0.2, 0.25) is 0 Å². The molecule has 0 N–H and O–H groups in total. The van der Waals surface area contributed by atoms with E-state index in [1.807, 2.05) is 0 Å². The third kappa shape index (κ3) is 6.21. The quantitative estimate of drug-likeness (QED) is 0.107. The fourth-order valence-electron chi connectivity index (χ4n) is 11.1. The van der Waals surface area contributed by atoms with E-state index in [4.69, 9.17) is 0 Å². The second-order valence-electron chi connectivity index (χ2n) is 17.5. The van der Waals surface area contributed by atoms with Crippen molar-refractivity contribution in [1.82, 2.24) is 9.13 Å². The Hall–Kier alpha value is -7.20. The summed E-state index contributed by atoms with van der Waals surface area (Å²) in [7, 11) is -2.81. The monoisotopic (exact) mass is 824 g/mol. The van der Waals surface area contributed by atoms with Crippen molar-refractivity contribution >= 4 is 72.4 Å². The highest BCUT2D eigenvalue weighted by Crippen LogP contribution is 2.39. The lowest BCUT2D eigenvalue weighted by Gasteiger charge is -2.35. The van der Waals surface area contributed by atoms with E-state index < -0.39 is 8.07 Å². The Balaban J connectivity index is 1.06. The van der Waals surface area contributed by atoms with Gasteiger partial charge >= 0.3 is 0 Å². The number of para-hydroxylation sites is 2. The van der Waals surface area contributed by atoms with Crippen molar-refractivity contribution in [3.05, 3.63) is 230 Å². The van der Waals surface area contributed by atoms with Crippen LogP contribution in [0.15, 0.2) is 224 Å². The van der Waals surface area contributed by atoms with E-state index in [0.717, 1.165) is 5.69 Å². The van der Waals surface area contributed by atoms with Crippen LogP contribution in [0, 0.1) is 0 Å². The summed E-state index contributed by atoms with van der Waals surface area (Å²) in [6, 6.07) is 84.5. The standard InChI is InChI=1S/C60H48N2Si/c1-5-18-43(19-6-1)45-22-17-27-52(40-45)63(49-23-9-3-10-24-49,50-25-11-4-12-26-50)51-36-33-47(34-37-51)61-57-30-15-13-29-54(57)56-39-35-48(42-60(56)61)62-58-31-16-14-28-53(58)55-38-32-46(41-59(55)62)44-20-7-2-8-21-44/h1,3-6,9-19,22-42,44H,2,7-8,20-21H2. The number of fused-ring (bicyclic) bond motifs is 6. The molecule has 3 heteroatoms. The van der Waals surface area contributed by atoms with Gasteiger partial charge in [0.1, 0.15) is 0 Å². The Bertz CT molecular complexity index is 3370. The molecule has 11 aromatic rings. The molecule has 0 unspecified atom stereocenters. The predicted octanol–water partition coefficient (Wildman–Crippen LogP) is 13.0. The minimum atomic E-state index is -2.81. The molecule has 0 atom stereocenters. The van der Waals surface area contributed by atoms with E-state index in [1.165, 1.54) is 119 Å². The third-order valence-corrected chi connectivity index (χ3v) is 18.8. The normalized spacial score (nSPS) is 13.7. The van der Waals surface area contributed by atoms with Gasteiger partial charge in [0.05, 0.1) is 22.1 Å². The van der Waals surface area contributed by atoms with Crippen LogP contribution in [-0.4, -0.2) is 17.2 Å². The molecule has 63 heavy (non-hydrogen) atoms. The summed E-state index contributed by atoms with van der Waals surface area (Å²) in [5.41, 5.74) is 11.3. The highest BCUT2D eigenvalue weighted by atomic mass is 28.3. The second kappa shape index (κ2) is 15.6. The van der Waals surface area contributed by atoms with Crippen molar-refractivity contribution < 1.29 is 0 Å². The molecule has 2 heterocycles. The molecule has 302 valence electrons. The number of rotatable bonds is 8. The molecule has 1 fully saturated rings. The Morgan fingerprint density at radius 3 is 1.44 bits per heavy atom. The third-order valence-electron chi connectivity index (χ3n) is 14.1. The molecule has 9 aromatic carbocycles. The van der Waals surface area contributed by atoms with Gasteiger partial charge in [-0.15, -0.1) is 0 Å². The smallest absolute Gasteiger partial charge is 0.179 e. The van der Waals surface area contributed by atoms with E-state index in [0.29, 0.717) is 5.92 Å². The number of benzene rings is 9. The van der Waals surface area contributed by atoms with Crippen molar-refractivity contribution in [2.24, 2.45) is 0 Å². The molecule has 1 aliphatic rings. The lowest BCUT2D eigenvalue weighted by atomic mass is 9.84. The largest absolute Gasteiger partial charge is 0.309 e. The van der Waals surface area contributed by atoms with Crippen LogP contribution >= 0.6 is 0 Å². The van der Waals surface area contributed by atoms with Crippen LogP contribution in [0.4, 0.5) is 0 Å². The molecule has 0 bridgehead atoms. The van der Waals surface area contributed by atoms with Gasteiger partial charge in [-0.2, -0.15) is 0 Å². The summed E-state index contributed by atoms with van der Waals surface area (Å²) < 4.78 is 5.01. The number of nitrogens with zero attached hydrogens (tertiary/aromatic N) is 2. The Kier molecular flexibility index (Phi) is 9.30. The zero-order valence-electron chi connectivity index (χ0n) is 35.4. The first-order chi connectivity index (χ1) is 31.3. The Morgan fingerprint density at radius 2 is 0.794 bits per heavy atom. The molecule has 0 radical (unpaired) electrons. The van der Waals surface area contributed by atoms with Gasteiger partial charge in [-0.1, -0.05) is 201 Å². The predicted molar refractivity (Wildman–Crippen MR) is 270 cm³/mol. The molecule has 0 aliphatic heterocycles. The minimum absolute atomic E-state index is 0.640. The first-order valence-electron chi connectivity index (χ1n) is 22.7. The number of hydrogen-bond acceptors (Lipinski definition) is 0. The summed E-state index contributed by atoms with van der Waals surface area (Å²) in [6.07, 6.45) is 6.60. The first-order valence-corrected chi connectivity index (χ1v) is 24.7. The second-order valence-corrected chi connectivity index (χ2v) is 21.3. The van der Waals surface area contributed by atoms with Crippen LogP contribution in [0.3, 0.4) is 0 Å². The molecule has 0 amide bonds. The maximum Gasteiger partial charge on any atom is 0.179 e. The molecular formula is C60H48N2Si. The van der Waals surface area contributed by atoms with Crippen LogP contribution in [0.2, 0.25) is 0 Å². The van der Waals surface area contributed by atoms with Crippen LogP contribution in [-0.2, 0) is 0 Å². The van der Waals surface area contributed by atoms with Gasteiger partial charge in [0.25, 0.3) is 0 Å². The summed E-state index contributed by atoms with van der Waals surface area (Å²) in [5, 5.41) is 10.6. The molecule has 0 saturated heterocycles. The Morgan fingerprint density at radius 1 is 0.317 bits per heavy atom. The lowest BCUT2D eigenvalue weighted by molar-refractivity contribution is 0.444. The van der Waals surface area contributed by atoms with E-state index in [9.17, 15) is 0 Å². The lowest BCUT2D eigenvalue weighted by Crippen LogP contribution is -2.74. The van der Waals surface area contributed by atoms with Gasteiger partial charge < -0.3 is 9.13 Å². The van der Waals surface area contributed by atoms with Gasteiger partial charge in [-0.25, -0.2) is 0 Å². The SMILES string of the molecule is c1ccc(-c2cccc([Si](c3ccccc3)(c3ccccc3)c3ccc(-n4c5ccccc5c5ccc(-n6c7ccccc7c7ccc(C8CCCCC8)cc76)cc54)cc3)c2)cc1. The molecular weight excluding hydrogens is 777 g/mol. The zero-order valence-corrected chi connectivity index (χ0v) is 36.4. The molecule has 12 rings (SSSR count). The highest BCUT2D eigenvalue weighted by Gasteiger charge is 2.41. The highest BCUT2D eigenvalue weighted by molar-refractivity contribution is 7.19. The number of aromatic nitrogens is 2. The first kappa shape index (κ1) is 37.5. The molecule has 1 saturated carbocycles. The van der Waals surface area contributed by atoms with Crippen LogP contribution in [0.5, 0.6) is 0 Å². The van der Waals surface area contributed by atoms with Gasteiger partial charge in [0, 0.05) is 32.9 Å². The molecule has 0 spiro atoms. The number of hydrogen-bond donors (Lipinski definition) is 0. The van der Waals surface area contributed by atoms with Crippen LogP contribution in [0.1, 0.15) is 43.6 Å². The fourth-order valence-corrected chi connectivity index (χ4v) is 15.9. The van der Waals surface area contributed by atoms with Crippen molar-refractivity contribution in [2.45, 2.75) is 38.0 Å². The minimum Gasteiger partial charge on any atom is -0.309 e. The van der Waals surface area contributed by atoms with Crippen molar-refractivity contribution in [3.63, 3.8) is 0 Å². The summed E-state index contributed by atoms with van der Waals surface area (Å²) in [6.45, 7) is 0. The van der Waals surface area contributed by atoms with E-state index in [-0.39, 0.29) is 0 Å². The molecule has 1 aliphatic carbocycles. The zero-order chi connectivity index (χ0) is 41.7. The van der Waals surface area contributed by atoms with E-state index in [2.05, 4.69) is 234 Å². The average molecular weight is 825 g/mol. The van der Waals surface area contributed by atoms with Gasteiger partial charge in [-0.3, -0.25) is 0 Å². The average Bonchev–Trinajstić information content (AvgIpc) is 3.88. The maximum atomic E-state index is 2.52. The van der Waals surface area contributed by atoms with E-state index >= 15 is 0 Å². The van der Waals surface area contributed by atoms with Crippen molar-refractivity contribution in [2.75, 3.05) is 0 Å². The molecule has 2 nitrogen and oxygen atoms in total. The topological polar surface area (TPSA) is 9.86 Å². The Labute approximate surface area is 370 Å². The van der Waals surface area contributed by atoms with Crippen LogP contribution in [0.25, 0.3) is 66.1 Å². The van der Waals surface area contributed by atoms with Gasteiger partial charge in [-0.05, 0) is 98.7 Å². The summed E-state index contributed by atoms with van der Waals surface area (Å²) >= 11 is 0. The fraction of sp³-hybridized carbons (Fsp3) is 0.100. The van der Waals surface area contributed by atoms with E-state index in [1.54, 1.807) is 0 Å². The van der Waals surface area contributed by atoms with Crippen molar-refractivity contribution in [3.8, 4) is 22.5 Å².